The number of aromatic amines is 1. The second-order valence-electron chi connectivity index (χ2n) is 5.07. The van der Waals surface area contributed by atoms with E-state index in [4.69, 9.17) is 6.42 Å². The number of hydrogen-bond acceptors (Lipinski definition) is 5. The van der Waals surface area contributed by atoms with E-state index in [1.807, 2.05) is 0 Å². The number of hydrogen-bond donors (Lipinski definition) is 1. The Balaban J connectivity index is 2.46. The summed E-state index contributed by atoms with van der Waals surface area (Å²) in [5.41, 5.74) is 0.755. The topological polar surface area (TPSA) is 100 Å². The zero-order valence-electron chi connectivity index (χ0n) is 11.8. The molecular weight excluding hydrogens is 314 g/mol. The third-order valence-electron chi connectivity index (χ3n) is 3.49. The van der Waals surface area contributed by atoms with Crippen molar-refractivity contribution in [1.82, 2.24) is 14.5 Å². The summed E-state index contributed by atoms with van der Waals surface area (Å²) in [5.74, 6) is 2.09. The number of terminal acetylenes is 1. The van der Waals surface area contributed by atoms with Crippen LogP contribution in [0.5, 0.6) is 0 Å². The van der Waals surface area contributed by atoms with Gasteiger partial charge in [0, 0.05) is 6.04 Å². The molecule has 7 nitrogen and oxygen atoms in total. The summed E-state index contributed by atoms with van der Waals surface area (Å²) in [4.78, 5) is 0.0713. The highest BCUT2D eigenvalue weighted by Gasteiger charge is 2.40. The Morgan fingerprint density at radius 1 is 1.48 bits per heavy atom. The molecule has 2 heterocycles. The predicted molar refractivity (Wildman–Crippen MR) is 77.8 cm³/mol. The highest BCUT2D eigenvalue weighted by molar-refractivity contribution is 7.92. The van der Waals surface area contributed by atoms with Crippen molar-refractivity contribution in [2.45, 2.75) is 31.2 Å². The molecule has 1 aliphatic rings. The molecule has 0 spiro atoms. The third-order valence-corrected chi connectivity index (χ3v) is 7.40. The van der Waals surface area contributed by atoms with Gasteiger partial charge < -0.3 is 0 Å². The molecule has 1 aromatic heterocycles. The first kappa shape index (κ1) is 16.0. The van der Waals surface area contributed by atoms with Gasteiger partial charge in [-0.25, -0.2) is 16.8 Å². The highest BCUT2D eigenvalue weighted by atomic mass is 32.2. The first-order chi connectivity index (χ1) is 9.69. The molecule has 1 aliphatic heterocycles. The first-order valence-corrected chi connectivity index (χ1v) is 9.62. The van der Waals surface area contributed by atoms with E-state index in [-0.39, 0.29) is 29.4 Å². The SMILES string of the molecule is C#CCN(C1CCS(=O)(=O)C1)S(=O)(=O)c1c(C)n[nH]c1C. The number of H-pyrrole nitrogens is 1. The van der Waals surface area contributed by atoms with E-state index in [9.17, 15) is 16.8 Å². The molecular formula is C12H17N3O4S2. The molecule has 0 radical (unpaired) electrons. The van der Waals surface area contributed by atoms with Gasteiger partial charge in [-0.1, -0.05) is 5.92 Å². The van der Waals surface area contributed by atoms with Gasteiger partial charge >= 0.3 is 0 Å². The fourth-order valence-electron chi connectivity index (χ4n) is 2.54. The van der Waals surface area contributed by atoms with Crippen LogP contribution < -0.4 is 0 Å². The van der Waals surface area contributed by atoms with Gasteiger partial charge in [-0.2, -0.15) is 9.40 Å². The fraction of sp³-hybridized carbons (Fsp3) is 0.583. The standard InChI is InChI=1S/C12H17N3O4S2/c1-4-6-15(11-5-7-20(16,17)8-11)21(18,19)12-9(2)13-14-10(12)3/h1,11H,5-8H2,2-3H3,(H,13,14). The number of aryl methyl sites for hydroxylation is 2. The summed E-state index contributed by atoms with van der Waals surface area (Å²) in [6, 6.07) is -0.621. The molecule has 0 amide bonds. The molecule has 1 aromatic rings. The van der Waals surface area contributed by atoms with Crippen LogP contribution in [0, 0.1) is 26.2 Å². The fourth-order valence-corrected chi connectivity index (χ4v) is 6.27. The van der Waals surface area contributed by atoms with Crippen LogP contribution >= 0.6 is 0 Å². The smallest absolute Gasteiger partial charge is 0.247 e. The number of sulfonamides is 1. The van der Waals surface area contributed by atoms with Gasteiger partial charge in [0.1, 0.15) is 4.90 Å². The number of rotatable bonds is 4. The van der Waals surface area contributed by atoms with Crippen molar-refractivity contribution in [3.05, 3.63) is 11.4 Å². The normalized spacial score (nSPS) is 21.5. The van der Waals surface area contributed by atoms with Gasteiger partial charge in [0.15, 0.2) is 9.84 Å². The van der Waals surface area contributed by atoms with Crippen molar-refractivity contribution < 1.29 is 16.8 Å². The van der Waals surface area contributed by atoms with Crippen LogP contribution in [-0.2, 0) is 19.9 Å². The zero-order valence-corrected chi connectivity index (χ0v) is 13.5. The molecule has 1 N–H and O–H groups in total. The summed E-state index contributed by atoms with van der Waals surface area (Å²) >= 11 is 0. The maximum Gasteiger partial charge on any atom is 0.247 e. The second kappa shape index (κ2) is 5.44. The van der Waals surface area contributed by atoms with E-state index in [0.29, 0.717) is 11.4 Å². The Morgan fingerprint density at radius 3 is 2.57 bits per heavy atom. The Labute approximate surface area is 124 Å². The van der Waals surface area contributed by atoms with Gasteiger partial charge in [0.2, 0.25) is 10.0 Å². The molecule has 0 aromatic carbocycles. The van der Waals surface area contributed by atoms with Gasteiger partial charge in [0.05, 0.1) is 29.4 Å². The quantitative estimate of drug-likeness (QED) is 0.773. The van der Waals surface area contributed by atoms with Crippen LogP contribution in [0.25, 0.3) is 0 Å². The lowest BCUT2D eigenvalue weighted by atomic mass is 10.3. The lowest BCUT2D eigenvalue weighted by Crippen LogP contribution is -2.41. The maximum absolute atomic E-state index is 12.8. The molecule has 0 aliphatic carbocycles. The summed E-state index contributed by atoms with van der Waals surface area (Å²) < 4.78 is 49.9. The summed E-state index contributed by atoms with van der Waals surface area (Å²) in [7, 11) is -7.09. The van der Waals surface area contributed by atoms with Crippen LogP contribution in [0.15, 0.2) is 4.90 Å². The summed E-state index contributed by atoms with van der Waals surface area (Å²) in [6.45, 7) is 3.02. The minimum atomic E-state index is -3.88. The Hall–Kier alpha value is -1.37. The highest BCUT2D eigenvalue weighted by Crippen LogP contribution is 2.27. The van der Waals surface area contributed by atoms with Crippen molar-refractivity contribution in [1.29, 1.82) is 0 Å². The number of aromatic nitrogens is 2. The summed E-state index contributed by atoms with van der Waals surface area (Å²) in [6.07, 6.45) is 5.52. The van der Waals surface area contributed by atoms with E-state index >= 15 is 0 Å². The van der Waals surface area contributed by atoms with Gasteiger partial charge in [-0.15, -0.1) is 6.42 Å². The number of sulfone groups is 1. The molecule has 116 valence electrons. The number of nitrogens with one attached hydrogen (secondary N) is 1. The van der Waals surface area contributed by atoms with Crippen molar-refractivity contribution >= 4 is 19.9 Å². The van der Waals surface area contributed by atoms with E-state index in [2.05, 4.69) is 16.1 Å². The largest absolute Gasteiger partial charge is 0.281 e. The Morgan fingerprint density at radius 2 is 2.14 bits per heavy atom. The lowest BCUT2D eigenvalue weighted by molar-refractivity contribution is 0.371. The van der Waals surface area contributed by atoms with Crippen LogP contribution in [-0.4, -0.2) is 55.4 Å². The Bertz CT molecular complexity index is 767. The van der Waals surface area contributed by atoms with Crippen LogP contribution in [0.4, 0.5) is 0 Å². The second-order valence-corrected chi connectivity index (χ2v) is 9.13. The maximum atomic E-state index is 12.8. The Kier molecular flexibility index (Phi) is 4.15. The van der Waals surface area contributed by atoms with E-state index in [1.165, 1.54) is 0 Å². The minimum Gasteiger partial charge on any atom is -0.281 e. The van der Waals surface area contributed by atoms with Crippen LogP contribution in [0.3, 0.4) is 0 Å². The van der Waals surface area contributed by atoms with Gasteiger partial charge in [-0.3, -0.25) is 5.10 Å². The molecule has 1 fully saturated rings. The zero-order chi connectivity index (χ0) is 15.8. The first-order valence-electron chi connectivity index (χ1n) is 6.36. The predicted octanol–water partition coefficient (Wildman–Crippen LogP) is -0.162. The van der Waals surface area contributed by atoms with Gasteiger partial charge in [0.25, 0.3) is 0 Å². The van der Waals surface area contributed by atoms with Crippen molar-refractivity contribution in [2.24, 2.45) is 0 Å². The molecule has 21 heavy (non-hydrogen) atoms. The molecule has 1 unspecified atom stereocenters. The van der Waals surface area contributed by atoms with Crippen molar-refractivity contribution in [2.75, 3.05) is 18.1 Å². The molecule has 2 rings (SSSR count). The molecule has 9 heteroatoms. The molecule has 0 bridgehead atoms. The average molecular weight is 331 g/mol. The molecule has 1 saturated heterocycles. The van der Waals surface area contributed by atoms with Crippen molar-refractivity contribution in [3.8, 4) is 12.3 Å². The van der Waals surface area contributed by atoms with E-state index in [0.717, 1.165) is 4.31 Å². The van der Waals surface area contributed by atoms with E-state index < -0.39 is 25.9 Å². The monoisotopic (exact) mass is 331 g/mol. The lowest BCUT2D eigenvalue weighted by Gasteiger charge is -2.25. The van der Waals surface area contributed by atoms with Crippen LogP contribution in [0.2, 0.25) is 0 Å². The molecule has 0 saturated carbocycles. The van der Waals surface area contributed by atoms with Crippen molar-refractivity contribution in [3.63, 3.8) is 0 Å². The minimum absolute atomic E-state index is 0.0163. The van der Waals surface area contributed by atoms with Crippen LogP contribution in [0.1, 0.15) is 17.8 Å². The third kappa shape index (κ3) is 2.97. The van der Waals surface area contributed by atoms with E-state index in [1.54, 1.807) is 13.8 Å². The number of nitrogens with zero attached hydrogens (tertiary/aromatic N) is 2. The van der Waals surface area contributed by atoms with Gasteiger partial charge in [-0.05, 0) is 20.3 Å². The average Bonchev–Trinajstić information content (AvgIpc) is 2.89. The summed E-state index contributed by atoms with van der Waals surface area (Å²) in [5, 5.41) is 6.50. The molecule has 1 atom stereocenters.